The van der Waals surface area contributed by atoms with Crippen molar-refractivity contribution < 1.29 is 122 Å². The van der Waals surface area contributed by atoms with Crippen LogP contribution in [-0.2, 0) is 28.6 Å². The summed E-state index contributed by atoms with van der Waals surface area (Å²) >= 11 is 0. The maximum Gasteiger partial charge on any atom is 0.438 e. The second-order valence-corrected chi connectivity index (χ2v) is 12.6. The molecule has 1 atom stereocenters. The summed E-state index contributed by atoms with van der Waals surface area (Å²) in [5.74, 6) is -34.5. The SMILES string of the molecule is CC(COS(=O)(=O)CCC(F)(F)C(F)(F)C(F)(C(F)(F)F)C(F)(F)F)OS(=O)(=O)CCC(F)(F)C(F)(F)C(F)(C(F)(F)F)C(F)(F)F. The van der Waals surface area contributed by atoms with E-state index in [9.17, 15) is 113 Å². The Labute approximate surface area is 246 Å². The first-order chi connectivity index (χ1) is 20.0. The molecule has 0 amide bonds. The van der Waals surface area contributed by atoms with Crippen molar-refractivity contribution in [3.8, 4) is 0 Å². The third-order valence-electron chi connectivity index (χ3n) is 5.47. The van der Waals surface area contributed by atoms with Gasteiger partial charge in [-0.05, 0) is 6.92 Å². The minimum absolute atomic E-state index is 0.284. The first kappa shape index (κ1) is 45.3. The average molecular weight is 796 g/mol. The van der Waals surface area contributed by atoms with Crippen molar-refractivity contribution in [2.45, 2.75) is 85.6 Å². The fourth-order valence-electron chi connectivity index (χ4n) is 2.94. The van der Waals surface area contributed by atoms with Crippen LogP contribution in [0, 0.1) is 0 Å². The minimum Gasteiger partial charge on any atom is -0.267 e. The third-order valence-corrected chi connectivity index (χ3v) is 8.00. The van der Waals surface area contributed by atoms with Crippen molar-refractivity contribution in [1.82, 2.24) is 0 Å². The first-order valence-electron chi connectivity index (χ1n) is 11.0. The zero-order valence-corrected chi connectivity index (χ0v) is 23.3. The largest absolute Gasteiger partial charge is 0.438 e. The van der Waals surface area contributed by atoms with Gasteiger partial charge in [-0.15, -0.1) is 0 Å². The summed E-state index contributed by atoms with van der Waals surface area (Å²) in [6.45, 7) is -1.63. The standard InChI is InChI=1S/C17H14F22O6S2/c1-7(45-47(42,43)5-3-9(20,21)13(26,27)11(23,16(34,35)36)17(37,38)39)6-44-46(40,41)4-2-8(18,19)12(24,25)10(22,14(28,29)30)15(31,32)33/h7H,2-6H2,1H3. The van der Waals surface area contributed by atoms with Crippen LogP contribution in [-0.4, -0.2) is 101 Å². The molecule has 0 aromatic rings. The molecule has 0 aliphatic rings. The fraction of sp³-hybridized carbons (Fsp3) is 1.00. The molecule has 0 aromatic heterocycles. The molecular formula is C17H14F22O6S2. The predicted molar refractivity (Wildman–Crippen MR) is 105 cm³/mol. The number of rotatable bonds is 15. The van der Waals surface area contributed by atoms with E-state index in [0.717, 1.165) is 0 Å². The van der Waals surface area contributed by atoms with Gasteiger partial charge >= 0.3 is 59.7 Å². The summed E-state index contributed by atoms with van der Waals surface area (Å²) in [5, 5.41) is 0. The quantitative estimate of drug-likeness (QED) is 0.131. The lowest BCUT2D eigenvalue weighted by atomic mass is 9.89. The minimum atomic E-state index is -7.96. The van der Waals surface area contributed by atoms with E-state index in [1.54, 1.807) is 0 Å². The van der Waals surface area contributed by atoms with Crippen LogP contribution < -0.4 is 0 Å². The van der Waals surface area contributed by atoms with Crippen LogP contribution in [0.15, 0.2) is 0 Å². The average Bonchev–Trinajstić information content (AvgIpc) is 2.81. The molecule has 30 heteroatoms. The second-order valence-electron chi connectivity index (χ2n) is 9.08. The van der Waals surface area contributed by atoms with Crippen molar-refractivity contribution >= 4 is 20.2 Å². The first-order valence-corrected chi connectivity index (χ1v) is 14.1. The Bertz CT molecular complexity index is 1270. The van der Waals surface area contributed by atoms with Gasteiger partial charge in [0.25, 0.3) is 20.2 Å². The topological polar surface area (TPSA) is 86.7 Å². The molecule has 6 nitrogen and oxygen atoms in total. The molecule has 0 saturated heterocycles. The molecule has 0 heterocycles. The summed E-state index contributed by atoms with van der Waals surface area (Å²) in [6, 6.07) is 0. The molecule has 0 aliphatic heterocycles. The van der Waals surface area contributed by atoms with Crippen molar-refractivity contribution in [1.29, 1.82) is 0 Å². The summed E-state index contributed by atoms with van der Waals surface area (Å²) in [6.07, 6.45) is -40.1. The molecule has 1 unspecified atom stereocenters. The van der Waals surface area contributed by atoms with Gasteiger partial charge in [0, 0.05) is 12.8 Å². The van der Waals surface area contributed by atoms with E-state index in [2.05, 4.69) is 8.37 Å². The Morgan fingerprint density at radius 2 is 0.723 bits per heavy atom. The molecule has 0 fully saturated rings. The van der Waals surface area contributed by atoms with Gasteiger partial charge in [0.1, 0.15) is 0 Å². The lowest BCUT2D eigenvalue weighted by Crippen LogP contribution is -2.70. The molecular weight excluding hydrogens is 782 g/mol. The van der Waals surface area contributed by atoms with Gasteiger partial charge in [0.15, 0.2) is 0 Å². The maximum absolute atomic E-state index is 13.7. The molecule has 47 heavy (non-hydrogen) atoms. The maximum atomic E-state index is 13.7. The summed E-state index contributed by atoms with van der Waals surface area (Å²) < 4.78 is 340. The van der Waals surface area contributed by atoms with E-state index in [0.29, 0.717) is 0 Å². The van der Waals surface area contributed by atoms with E-state index in [1.807, 2.05) is 0 Å². The van der Waals surface area contributed by atoms with E-state index < -0.39 is 117 Å². The summed E-state index contributed by atoms with van der Waals surface area (Å²) in [5.41, 5.74) is -15.9. The molecule has 0 aliphatic carbocycles. The second kappa shape index (κ2) is 12.9. The van der Waals surface area contributed by atoms with E-state index >= 15 is 0 Å². The highest BCUT2D eigenvalue weighted by Crippen LogP contribution is 2.61. The van der Waals surface area contributed by atoms with Crippen LogP contribution in [0.25, 0.3) is 0 Å². The van der Waals surface area contributed by atoms with Crippen LogP contribution in [0.2, 0.25) is 0 Å². The molecule has 0 spiro atoms. The Hall–Kier alpha value is -1.72. The van der Waals surface area contributed by atoms with Gasteiger partial charge in [0.05, 0.1) is 24.2 Å². The van der Waals surface area contributed by atoms with E-state index in [1.165, 1.54) is 0 Å². The smallest absolute Gasteiger partial charge is 0.267 e. The van der Waals surface area contributed by atoms with Gasteiger partial charge in [0.2, 0.25) is 0 Å². The lowest BCUT2D eigenvalue weighted by Gasteiger charge is -2.39. The number of hydrogen-bond donors (Lipinski definition) is 0. The van der Waals surface area contributed by atoms with Gasteiger partial charge in [-0.2, -0.15) is 105 Å². The zero-order chi connectivity index (χ0) is 38.5. The molecule has 0 radical (unpaired) electrons. The van der Waals surface area contributed by atoms with E-state index in [4.69, 9.17) is 0 Å². The molecule has 0 bridgehead atoms. The van der Waals surface area contributed by atoms with Gasteiger partial charge in [-0.3, -0.25) is 8.37 Å². The molecule has 0 aromatic carbocycles. The molecule has 284 valence electrons. The lowest BCUT2D eigenvalue weighted by molar-refractivity contribution is -0.427. The highest BCUT2D eigenvalue weighted by molar-refractivity contribution is 7.87. The summed E-state index contributed by atoms with van der Waals surface area (Å²) in [7, 11) is -11.8. The fourth-order valence-corrected chi connectivity index (χ4v) is 5.12. The van der Waals surface area contributed by atoms with Crippen molar-refractivity contribution in [2.75, 3.05) is 18.1 Å². The molecule has 0 saturated carbocycles. The number of halogens is 22. The van der Waals surface area contributed by atoms with Crippen LogP contribution in [0.5, 0.6) is 0 Å². The highest BCUT2D eigenvalue weighted by atomic mass is 32.2. The Balaban J connectivity index is 5.70. The zero-order valence-electron chi connectivity index (χ0n) is 21.7. The Morgan fingerprint density at radius 1 is 0.468 bits per heavy atom. The van der Waals surface area contributed by atoms with Crippen molar-refractivity contribution in [3.63, 3.8) is 0 Å². The van der Waals surface area contributed by atoms with Gasteiger partial charge in [-0.1, -0.05) is 0 Å². The third kappa shape index (κ3) is 8.72. The molecule has 0 rings (SSSR count). The monoisotopic (exact) mass is 796 g/mol. The van der Waals surface area contributed by atoms with Crippen molar-refractivity contribution in [3.05, 3.63) is 0 Å². The van der Waals surface area contributed by atoms with Gasteiger partial charge < -0.3 is 0 Å². The Kier molecular flexibility index (Phi) is 12.4. The van der Waals surface area contributed by atoms with Crippen molar-refractivity contribution in [2.24, 2.45) is 0 Å². The highest BCUT2D eigenvalue weighted by Gasteiger charge is 2.91. The van der Waals surface area contributed by atoms with Crippen LogP contribution in [0.1, 0.15) is 19.8 Å². The molecule has 0 N–H and O–H groups in total. The van der Waals surface area contributed by atoms with Crippen LogP contribution in [0.3, 0.4) is 0 Å². The predicted octanol–water partition coefficient (Wildman–Crippen LogP) is 7.05. The van der Waals surface area contributed by atoms with Crippen LogP contribution >= 0.6 is 0 Å². The normalized spacial score (nSPS) is 16.8. The van der Waals surface area contributed by atoms with Gasteiger partial charge in [-0.25, -0.2) is 8.78 Å². The Morgan fingerprint density at radius 3 is 0.979 bits per heavy atom. The summed E-state index contributed by atoms with van der Waals surface area (Å²) in [4.78, 5) is 0. The van der Waals surface area contributed by atoms with E-state index in [-0.39, 0.29) is 6.92 Å². The van der Waals surface area contributed by atoms with Crippen LogP contribution in [0.4, 0.5) is 96.6 Å². The number of alkyl halides is 22. The number of hydrogen-bond acceptors (Lipinski definition) is 6.